The van der Waals surface area contributed by atoms with E-state index in [-0.39, 0.29) is 17.9 Å². The molecule has 3 N–H and O–H groups in total. The molecule has 0 aliphatic carbocycles. The van der Waals surface area contributed by atoms with Crippen LogP contribution in [0.3, 0.4) is 0 Å². The first-order chi connectivity index (χ1) is 9.16. The third-order valence-corrected chi connectivity index (χ3v) is 4.19. The number of nitrogens with zero attached hydrogens (tertiary/aromatic N) is 1. The zero-order valence-corrected chi connectivity index (χ0v) is 11.6. The van der Waals surface area contributed by atoms with Gasteiger partial charge in [-0.25, -0.2) is 4.79 Å². The van der Waals surface area contributed by atoms with E-state index < -0.39 is 0 Å². The highest BCUT2D eigenvalue weighted by Crippen LogP contribution is 2.16. The van der Waals surface area contributed by atoms with Crippen molar-refractivity contribution in [2.75, 3.05) is 19.6 Å². The number of rotatable bonds is 4. The number of primary amides is 1. The van der Waals surface area contributed by atoms with Crippen LogP contribution < -0.4 is 11.1 Å². The SMILES string of the molecule is NC(=O)C1CCN(C(=O)NCCc2ccsc2)CC1. The second-order valence-electron chi connectivity index (χ2n) is 4.78. The van der Waals surface area contributed by atoms with E-state index in [0.717, 1.165) is 6.42 Å². The van der Waals surface area contributed by atoms with Gasteiger partial charge < -0.3 is 16.0 Å². The van der Waals surface area contributed by atoms with Crippen molar-refractivity contribution in [3.8, 4) is 0 Å². The lowest BCUT2D eigenvalue weighted by Crippen LogP contribution is -2.46. The first-order valence-electron chi connectivity index (χ1n) is 6.50. The van der Waals surface area contributed by atoms with Gasteiger partial charge in [-0.05, 0) is 41.7 Å². The lowest BCUT2D eigenvalue weighted by Gasteiger charge is -2.30. The van der Waals surface area contributed by atoms with Crippen molar-refractivity contribution in [1.82, 2.24) is 10.2 Å². The molecular formula is C13H19N3O2S. The van der Waals surface area contributed by atoms with Crippen molar-refractivity contribution < 1.29 is 9.59 Å². The molecular weight excluding hydrogens is 262 g/mol. The Morgan fingerprint density at radius 1 is 1.42 bits per heavy atom. The summed E-state index contributed by atoms with van der Waals surface area (Å²) >= 11 is 1.66. The Hall–Kier alpha value is -1.56. The second kappa shape index (κ2) is 6.56. The Bertz CT molecular complexity index is 425. The maximum absolute atomic E-state index is 11.9. The van der Waals surface area contributed by atoms with Crippen LogP contribution in [0.1, 0.15) is 18.4 Å². The number of carbonyl (C=O) groups excluding carboxylic acids is 2. The summed E-state index contributed by atoms with van der Waals surface area (Å²) in [6, 6.07) is 2.02. The van der Waals surface area contributed by atoms with Gasteiger partial charge in [0.1, 0.15) is 0 Å². The third kappa shape index (κ3) is 3.96. The number of urea groups is 1. The van der Waals surface area contributed by atoms with Crippen LogP contribution in [0.15, 0.2) is 16.8 Å². The Labute approximate surface area is 116 Å². The quantitative estimate of drug-likeness (QED) is 0.870. The van der Waals surface area contributed by atoms with Crippen LogP contribution in [0.25, 0.3) is 0 Å². The molecule has 0 aromatic carbocycles. The summed E-state index contributed by atoms with van der Waals surface area (Å²) in [7, 11) is 0. The van der Waals surface area contributed by atoms with Crippen molar-refractivity contribution in [3.05, 3.63) is 22.4 Å². The summed E-state index contributed by atoms with van der Waals surface area (Å²) in [4.78, 5) is 24.7. The molecule has 1 fully saturated rings. The molecule has 19 heavy (non-hydrogen) atoms. The topological polar surface area (TPSA) is 75.4 Å². The highest BCUT2D eigenvalue weighted by atomic mass is 32.1. The molecule has 0 radical (unpaired) electrons. The van der Waals surface area contributed by atoms with Gasteiger partial charge in [0.25, 0.3) is 0 Å². The number of piperidine rings is 1. The summed E-state index contributed by atoms with van der Waals surface area (Å²) in [6.45, 7) is 1.86. The first kappa shape index (κ1) is 13.9. The largest absolute Gasteiger partial charge is 0.369 e. The zero-order valence-electron chi connectivity index (χ0n) is 10.8. The van der Waals surface area contributed by atoms with E-state index in [4.69, 9.17) is 5.73 Å². The van der Waals surface area contributed by atoms with Crippen molar-refractivity contribution in [3.63, 3.8) is 0 Å². The molecule has 0 atom stereocenters. The number of hydrogen-bond donors (Lipinski definition) is 2. The highest BCUT2D eigenvalue weighted by molar-refractivity contribution is 7.07. The molecule has 6 heteroatoms. The van der Waals surface area contributed by atoms with E-state index in [0.29, 0.717) is 32.5 Å². The van der Waals surface area contributed by atoms with Crippen LogP contribution in [0.2, 0.25) is 0 Å². The molecule has 1 aliphatic heterocycles. The second-order valence-corrected chi connectivity index (χ2v) is 5.56. The number of thiophene rings is 1. The average Bonchev–Trinajstić information content (AvgIpc) is 2.92. The summed E-state index contributed by atoms with van der Waals surface area (Å²) in [5.41, 5.74) is 6.51. The van der Waals surface area contributed by atoms with Gasteiger partial charge in [0.2, 0.25) is 5.91 Å². The minimum Gasteiger partial charge on any atom is -0.369 e. The monoisotopic (exact) mass is 281 g/mol. The molecule has 0 bridgehead atoms. The van der Waals surface area contributed by atoms with Crippen LogP contribution in [-0.2, 0) is 11.2 Å². The van der Waals surface area contributed by atoms with Crippen molar-refractivity contribution >= 4 is 23.3 Å². The van der Waals surface area contributed by atoms with Gasteiger partial charge in [0, 0.05) is 25.6 Å². The van der Waals surface area contributed by atoms with Crippen molar-refractivity contribution in [2.45, 2.75) is 19.3 Å². The van der Waals surface area contributed by atoms with Crippen LogP contribution in [0.4, 0.5) is 4.79 Å². The molecule has 5 nitrogen and oxygen atoms in total. The Morgan fingerprint density at radius 3 is 2.74 bits per heavy atom. The first-order valence-corrected chi connectivity index (χ1v) is 7.44. The van der Waals surface area contributed by atoms with Gasteiger partial charge in [-0.3, -0.25) is 4.79 Å². The molecule has 104 valence electrons. The van der Waals surface area contributed by atoms with Crippen molar-refractivity contribution in [2.24, 2.45) is 11.7 Å². The van der Waals surface area contributed by atoms with Crippen LogP contribution in [-0.4, -0.2) is 36.5 Å². The van der Waals surface area contributed by atoms with E-state index in [1.165, 1.54) is 5.56 Å². The van der Waals surface area contributed by atoms with Crippen molar-refractivity contribution in [1.29, 1.82) is 0 Å². The number of nitrogens with two attached hydrogens (primary N) is 1. The van der Waals surface area contributed by atoms with Crippen LogP contribution in [0, 0.1) is 5.92 Å². The van der Waals surface area contributed by atoms with E-state index in [1.54, 1.807) is 16.2 Å². The number of nitrogens with one attached hydrogen (secondary N) is 1. The van der Waals surface area contributed by atoms with Gasteiger partial charge in [0.05, 0.1) is 0 Å². The summed E-state index contributed by atoms with van der Waals surface area (Å²) < 4.78 is 0. The molecule has 1 aromatic heterocycles. The lowest BCUT2D eigenvalue weighted by molar-refractivity contribution is -0.123. The number of hydrogen-bond acceptors (Lipinski definition) is 3. The molecule has 2 rings (SSSR count). The third-order valence-electron chi connectivity index (χ3n) is 3.45. The maximum atomic E-state index is 11.9. The van der Waals surface area contributed by atoms with E-state index in [9.17, 15) is 9.59 Å². The fourth-order valence-electron chi connectivity index (χ4n) is 2.23. The van der Waals surface area contributed by atoms with E-state index in [2.05, 4.69) is 16.8 Å². The molecule has 0 unspecified atom stereocenters. The summed E-state index contributed by atoms with van der Waals surface area (Å²) in [6.07, 6.45) is 2.20. The fourth-order valence-corrected chi connectivity index (χ4v) is 2.93. The smallest absolute Gasteiger partial charge is 0.317 e. The minimum atomic E-state index is -0.252. The molecule has 1 saturated heterocycles. The molecule has 3 amide bonds. The van der Waals surface area contributed by atoms with Crippen LogP contribution in [0.5, 0.6) is 0 Å². The van der Waals surface area contributed by atoms with E-state index >= 15 is 0 Å². The predicted molar refractivity (Wildman–Crippen MR) is 74.9 cm³/mol. The maximum Gasteiger partial charge on any atom is 0.317 e. The van der Waals surface area contributed by atoms with Gasteiger partial charge in [0.15, 0.2) is 0 Å². The van der Waals surface area contributed by atoms with Crippen LogP contribution >= 0.6 is 11.3 Å². The van der Waals surface area contributed by atoms with Gasteiger partial charge in [-0.1, -0.05) is 0 Å². The Kier molecular flexibility index (Phi) is 4.79. The van der Waals surface area contributed by atoms with Gasteiger partial charge >= 0.3 is 6.03 Å². The minimum absolute atomic E-state index is 0.0434. The fraction of sp³-hybridized carbons (Fsp3) is 0.538. The number of carbonyl (C=O) groups is 2. The summed E-state index contributed by atoms with van der Waals surface area (Å²) in [5.74, 6) is -0.327. The lowest BCUT2D eigenvalue weighted by atomic mass is 9.96. The van der Waals surface area contributed by atoms with Gasteiger partial charge in [-0.2, -0.15) is 11.3 Å². The zero-order chi connectivity index (χ0) is 13.7. The van der Waals surface area contributed by atoms with E-state index in [1.807, 2.05) is 5.38 Å². The summed E-state index contributed by atoms with van der Waals surface area (Å²) in [5, 5.41) is 7.03. The molecule has 2 heterocycles. The molecule has 1 aromatic rings. The molecule has 0 spiro atoms. The predicted octanol–water partition coefficient (Wildman–Crippen LogP) is 1.20. The standard InChI is InChI=1S/C13H19N3O2S/c14-12(17)11-2-6-16(7-3-11)13(18)15-5-1-10-4-8-19-9-10/h4,8-9,11H,1-3,5-7H2,(H2,14,17)(H,15,18). The molecule has 0 saturated carbocycles. The molecule has 1 aliphatic rings. The Morgan fingerprint density at radius 2 is 2.16 bits per heavy atom. The number of amides is 3. The average molecular weight is 281 g/mol. The number of likely N-dealkylation sites (tertiary alicyclic amines) is 1. The Balaban J connectivity index is 1.68. The highest BCUT2D eigenvalue weighted by Gasteiger charge is 2.25. The van der Waals surface area contributed by atoms with Gasteiger partial charge in [-0.15, -0.1) is 0 Å². The normalized spacial score (nSPS) is 16.3.